The summed E-state index contributed by atoms with van der Waals surface area (Å²) in [5.41, 5.74) is -14.6. The molecule has 0 saturated carbocycles. The van der Waals surface area contributed by atoms with Gasteiger partial charge in [-0.1, -0.05) is 0 Å². The summed E-state index contributed by atoms with van der Waals surface area (Å²) < 4.78 is 9.12. The van der Waals surface area contributed by atoms with E-state index in [2.05, 4.69) is 4.74 Å². The van der Waals surface area contributed by atoms with Crippen molar-refractivity contribution < 1.29 is 53.9 Å². The van der Waals surface area contributed by atoms with E-state index in [1.54, 1.807) is 0 Å². The zero-order valence-electron chi connectivity index (χ0n) is 14.7. The Kier molecular flexibility index (Phi) is 5.31. The number of carbonyl (C=O) groups is 5. The van der Waals surface area contributed by atoms with Gasteiger partial charge in [0.2, 0.25) is 16.8 Å². The molecule has 26 heavy (non-hydrogen) atoms. The minimum absolute atomic E-state index is 0.571. The second-order valence-electron chi connectivity index (χ2n) is 6.05. The Bertz CT molecular complexity index is 700. The molecular weight excluding hydrogens is 356 g/mol. The third kappa shape index (κ3) is 2.09. The number of hydrogen-bond acceptors (Lipinski definition) is 11. The van der Waals surface area contributed by atoms with Crippen LogP contribution in [-0.4, -0.2) is 85.3 Å². The van der Waals surface area contributed by atoms with Gasteiger partial charge in [0.15, 0.2) is 29.4 Å². The van der Waals surface area contributed by atoms with Crippen molar-refractivity contribution >= 4 is 29.1 Å². The number of methoxy groups -OCH3 is 1. The maximum absolute atomic E-state index is 12.3. The summed E-state index contributed by atoms with van der Waals surface area (Å²) >= 11 is 0. The predicted octanol–water partition coefficient (Wildman–Crippen LogP) is -3.20. The van der Waals surface area contributed by atoms with Gasteiger partial charge in [0.1, 0.15) is 0 Å². The summed E-state index contributed by atoms with van der Waals surface area (Å²) in [5, 5.41) is 42.7. The Hall–Kier alpha value is -2.05. The molecule has 1 aliphatic rings. The first-order valence-corrected chi connectivity index (χ1v) is 7.29. The molecular formula is C15H20O11. The predicted molar refractivity (Wildman–Crippen MR) is 79.4 cm³/mol. The van der Waals surface area contributed by atoms with Gasteiger partial charge in [-0.15, -0.1) is 0 Å². The van der Waals surface area contributed by atoms with Crippen molar-refractivity contribution in [3.05, 3.63) is 0 Å². The largest absolute Gasteiger partial charge is 0.466 e. The van der Waals surface area contributed by atoms with Gasteiger partial charge in [0, 0.05) is 0 Å². The van der Waals surface area contributed by atoms with Crippen LogP contribution < -0.4 is 0 Å². The standard InChI is InChI=1S/C15H20O11/c1-6(16)12(22)10(20)26-13(7(2)17,11(21)25-5)15(24,9(4)19)14(12,23)8(3)18/h10,20,22-24H,1-5H3. The van der Waals surface area contributed by atoms with E-state index >= 15 is 0 Å². The smallest absolute Gasteiger partial charge is 0.349 e. The normalized spacial score (nSPS) is 39.8. The van der Waals surface area contributed by atoms with E-state index in [0.29, 0.717) is 27.7 Å². The van der Waals surface area contributed by atoms with E-state index < -0.39 is 57.8 Å². The highest BCUT2D eigenvalue weighted by Crippen LogP contribution is 2.51. The maximum Gasteiger partial charge on any atom is 0.349 e. The Morgan fingerprint density at radius 3 is 1.50 bits per heavy atom. The van der Waals surface area contributed by atoms with Crippen molar-refractivity contribution in [2.24, 2.45) is 0 Å². The average Bonchev–Trinajstić information content (AvgIpc) is 2.54. The number of rotatable bonds is 5. The molecule has 5 atom stereocenters. The third-order valence-electron chi connectivity index (χ3n) is 4.75. The maximum atomic E-state index is 12.3. The lowest BCUT2D eigenvalue weighted by Gasteiger charge is -2.59. The first-order valence-electron chi connectivity index (χ1n) is 7.29. The molecule has 0 spiro atoms. The number of Topliss-reactive ketones (excluding diaryl/α,β-unsaturated/α-hetero) is 4. The van der Waals surface area contributed by atoms with Crippen LogP contribution in [0, 0.1) is 0 Å². The molecule has 0 aromatic heterocycles. The summed E-state index contributed by atoms with van der Waals surface area (Å²) in [4.78, 5) is 61.0. The zero-order valence-corrected chi connectivity index (χ0v) is 14.7. The third-order valence-corrected chi connectivity index (χ3v) is 4.75. The minimum Gasteiger partial charge on any atom is -0.466 e. The molecule has 1 rings (SSSR count). The van der Waals surface area contributed by atoms with Gasteiger partial charge in [-0.2, -0.15) is 0 Å². The molecule has 0 bridgehead atoms. The highest BCUT2D eigenvalue weighted by Gasteiger charge is 2.86. The number of aliphatic hydroxyl groups excluding tert-OH is 1. The Morgan fingerprint density at radius 1 is 0.808 bits per heavy atom. The molecule has 0 amide bonds. The van der Waals surface area contributed by atoms with E-state index in [1.165, 1.54) is 0 Å². The van der Waals surface area contributed by atoms with Crippen LogP contribution >= 0.6 is 0 Å². The lowest BCUT2D eigenvalue weighted by Crippen LogP contribution is -2.91. The fourth-order valence-electron chi connectivity index (χ4n) is 3.32. The second kappa shape index (κ2) is 6.28. The molecule has 0 aromatic carbocycles. The fourth-order valence-corrected chi connectivity index (χ4v) is 3.32. The number of ether oxygens (including phenoxy) is 2. The fraction of sp³-hybridized carbons (Fsp3) is 0.667. The minimum atomic E-state index is -3.82. The summed E-state index contributed by atoms with van der Waals surface area (Å²) in [6.07, 6.45) is -2.85. The highest BCUT2D eigenvalue weighted by atomic mass is 16.7. The van der Waals surface area contributed by atoms with E-state index in [-0.39, 0.29) is 0 Å². The molecule has 0 aromatic rings. The van der Waals surface area contributed by atoms with E-state index in [1.807, 2.05) is 0 Å². The van der Waals surface area contributed by atoms with Crippen LogP contribution in [0.25, 0.3) is 0 Å². The van der Waals surface area contributed by atoms with Crippen LogP contribution in [0.1, 0.15) is 27.7 Å². The van der Waals surface area contributed by atoms with Crippen LogP contribution in [0.2, 0.25) is 0 Å². The molecule has 1 fully saturated rings. The molecule has 0 aliphatic carbocycles. The molecule has 0 radical (unpaired) electrons. The van der Waals surface area contributed by atoms with Crippen LogP contribution in [0.4, 0.5) is 0 Å². The summed E-state index contributed by atoms with van der Waals surface area (Å²) in [7, 11) is 0.738. The number of carbonyl (C=O) groups excluding carboxylic acids is 5. The van der Waals surface area contributed by atoms with Crippen LogP contribution in [0.5, 0.6) is 0 Å². The van der Waals surface area contributed by atoms with Gasteiger partial charge in [-0.25, -0.2) is 4.79 Å². The summed E-state index contributed by atoms with van der Waals surface area (Å²) in [6, 6.07) is 0. The van der Waals surface area contributed by atoms with Gasteiger partial charge in [-0.3, -0.25) is 19.2 Å². The molecule has 5 unspecified atom stereocenters. The number of hydrogen-bond donors (Lipinski definition) is 4. The van der Waals surface area contributed by atoms with Crippen LogP contribution in [-0.2, 0) is 33.4 Å². The van der Waals surface area contributed by atoms with Crippen molar-refractivity contribution in [1.29, 1.82) is 0 Å². The lowest BCUT2D eigenvalue weighted by atomic mass is 9.56. The molecule has 11 heteroatoms. The van der Waals surface area contributed by atoms with Gasteiger partial charge in [0.25, 0.3) is 5.60 Å². The Labute approximate surface area is 147 Å². The highest BCUT2D eigenvalue weighted by molar-refractivity contribution is 6.17. The first-order chi connectivity index (χ1) is 11.6. The summed E-state index contributed by atoms with van der Waals surface area (Å²) in [5.74, 6) is -7.84. The van der Waals surface area contributed by atoms with Gasteiger partial charge in [-0.05, 0) is 27.7 Å². The van der Waals surface area contributed by atoms with Crippen LogP contribution in [0.15, 0.2) is 0 Å². The monoisotopic (exact) mass is 376 g/mol. The molecule has 11 nitrogen and oxygen atoms in total. The topological polar surface area (TPSA) is 185 Å². The number of aliphatic hydroxyl groups is 4. The van der Waals surface area contributed by atoms with E-state index in [4.69, 9.17) is 4.74 Å². The van der Waals surface area contributed by atoms with Crippen molar-refractivity contribution in [3.8, 4) is 0 Å². The van der Waals surface area contributed by atoms with Crippen molar-refractivity contribution in [2.75, 3.05) is 7.11 Å². The first kappa shape index (κ1) is 22.0. The summed E-state index contributed by atoms with van der Waals surface area (Å²) in [6.45, 7) is 2.42. The molecule has 1 saturated heterocycles. The van der Waals surface area contributed by atoms with Crippen molar-refractivity contribution in [2.45, 2.75) is 56.4 Å². The SMILES string of the molecule is COC(=O)C1(C(C)=O)OC(O)C(O)(C(C)=O)C(O)(C(C)=O)C1(O)C(C)=O. The number of ketones is 4. The van der Waals surface area contributed by atoms with E-state index in [0.717, 1.165) is 7.11 Å². The van der Waals surface area contributed by atoms with Crippen LogP contribution in [0.3, 0.4) is 0 Å². The quantitative estimate of drug-likeness (QED) is 0.280. The average molecular weight is 376 g/mol. The van der Waals surface area contributed by atoms with Gasteiger partial charge < -0.3 is 29.9 Å². The number of esters is 1. The zero-order chi connectivity index (χ0) is 20.9. The molecule has 4 N–H and O–H groups in total. The Balaban J connectivity index is 4.20. The lowest BCUT2D eigenvalue weighted by molar-refractivity contribution is -0.370. The van der Waals surface area contributed by atoms with E-state index in [9.17, 15) is 44.4 Å². The Morgan fingerprint density at radius 2 is 1.23 bits per heavy atom. The van der Waals surface area contributed by atoms with Gasteiger partial charge >= 0.3 is 5.97 Å². The molecule has 146 valence electrons. The molecule has 1 heterocycles. The van der Waals surface area contributed by atoms with Crippen molar-refractivity contribution in [3.63, 3.8) is 0 Å². The molecule has 1 aliphatic heterocycles. The van der Waals surface area contributed by atoms with Gasteiger partial charge in [0.05, 0.1) is 7.11 Å². The van der Waals surface area contributed by atoms with Crippen molar-refractivity contribution in [1.82, 2.24) is 0 Å². The second-order valence-corrected chi connectivity index (χ2v) is 6.05.